The predicted octanol–water partition coefficient (Wildman–Crippen LogP) is 6.04. The van der Waals surface area contributed by atoms with Gasteiger partial charge in [0, 0.05) is 78.0 Å². The molecule has 0 spiro atoms. The van der Waals surface area contributed by atoms with Crippen molar-refractivity contribution in [2.75, 3.05) is 29.9 Å². The van der Waals surface area contributed by atoms with Crippen LogP contribution in [0.1, 0.15) is 47.9 Å². The molecular formula is C27H34F4HfN7O2Si-. The van der Waals surface area contributed by atoms with Crippen molar-refractivity contribution in [3.05, 3.63) is 54.2 Å². The van der Waals surface area contributed by atoms with Crippen molar-refractivity contribution in [3.8, 4) is 11.3 Å². The van der Waals surface area contributed by atoms with Gasteiger partial charge < -0.3 is 19.6 Å². The first-order valence-corrected chi connectivity index (χ1v) is 17.0. The molecule has 1 saturated heterocycles. The van der Waals surface area contributed by atoms with Gasteiger partial charge in [-0.3, -0.25) is 18.7 Å². The van der Waals surface area contributed by atoms with Gasteiger partial charge in [-0.15, -0.1) is 0 Å². The summed E-state index contributed by atoms with van der Waals surface area (Å²) in [4.78, 5) is 27.4. The summed E-state index contributed by atoms with van der Waals surface area (Å²) in [5.74, 6) is -3.00. The van der Waals surface area contributed by atoms with Crippen LogP contribution in [0.25, 0.3) is 11.3 Å². The van der Waals surface area contributed by atoms with Gasteiger partial charge in [0.25, 0.3) is 11.8 Å². The van der Waals surface area contributed by atoms with Crippen molar-refractivity contribution in [1.82, 2.24) is 24.7 Å². The number of carbonyl (C=O) groups excluding carboxylic acids is 1. The second-order valence-electron chi connectivity index (χ2n) is 11.5. The van der Waals surface area contributed by atoms with E-state index in [1.165, 1.54) is 34.2 Å². The van der Waals surface area contributed by atoms with Crippen LogP contribution in [0.4, 0.5) is 29.1 Å². The molecule has 1 aliphatic heterocycles. The Morgan fingerprint density at radius 1 is 1.17 bits per heavy atom. The Kier molecular flexibility index (Phi) is 11.1. The number of anilines is 2. The van der Waals surface area contributed by atoms with Crippen LogP contribution < -0.4 is 10.2 Å². The van der Waals surface area contributed by atoms with Crippen LogP contribution in [-0.2, 0) is 37.3 Å². The summed E-state index contributed by atoms with van der Waals surface area (Å²) in [5, 5.41) is 6.84. The Balaban J connectivity index is 0.00000484. The number of rotatable bonds is 11. The van der Waals surface area contributed by atoms with Crippen molar-refractivity contribution in [1.29, 1.82) is 0 Å². The molecule has 226 valence electrons. The van der Waals surface area contributed by atoms with E-state index in [1.54, 1.807) is 0 Å². The fourth-order valence-corrected chi connectivity index (χ4v) is 5.06. The number of halogens is 4. The van der Waals surface area contributed by atoms with Gasteiger partial charge in [0.05, 0.1) is 17.8 Å². The molecule has 1 fully saturated rings. The minimum absolute atomic E-state index is 0. The maximum atomic E-state index is 14.2. The van der Waals surface area contributed by atoms with Crippen LogP contribution in [0.2, 0.25) is 25.7 Å². The number of hydrogen-bond acceptors (Lipinski definition) is 7. The largest absolute Gasteiger partial charge is 0.361 e. The van der Waals surface area contributed by atoms with Crippen LogP contribution in [0, 0.1) is 6.43 Å². The smallest absolute Gasteiger partial charge is 0.266 e. The Hall–Kier alpha value is -2.65. The Morgan fingerprint density at radius 2 is 1.86 bits per heavy atom. The minimum Gasteiger partial charge on any atom is -0.361 e. The summed E-state index contributed by atoms with van der Waals surface area (Å²) in [6.07, 6.45) is 2.66. The normalized spacial score (nSPS) is 14.7. The topological polar surface area (TPSA) is 98.1 Å². The fourth-order valence-electron chi connectivity index (χ4n) is 4.30. The Morgan fingerprint density at radius 3 is 2.43 bits per heavy atom. The standard InChI is InChI=1S/C27H34F4N7O2Si.Hf/c1-17(2)24-33-12-18(13-34-24)26(39)36-21-19(6-8-32-25(21)37-9-7-27(30,31)15-37)22-20(23(28)29)14-35-38(22)16-40-10-11-41(3,4)5;/h6,8,12-14,17H,7,9-11,15-16H2,1-5H3,(H,36,39);/q-1;. The van der Waals surface area contributed by atoms with Crippen LogP contribution in [0.15, 0.2) is 30.9 Å². The van der Waals surface area contributed by atoms with E-state index in [9.17, 15) is 22.4 Å². The van der Waals surface area contributed by atoms with Crippen molar-refractivity contribution < 1.29 is 52.9 Å². The number of ether oxygens (including phenoxy) is 1. The van der Waals surface area contributed by atoms with Gasteiger partial charge in [0.1, 0.15) is 12.6 Å². The van der Waals surface area contributed by atoms with E-state index in [-0.39, 0.29) is 73.4 Å². The van der Waals surface area contributed by atoms with E-state index in [0.717, 1.165) is 12.2 Å². The van der Waals surface area contributed by atoms with Crippen molar-refractivity contribution in [2.45, 2.75) is 64.5 Å². The number of hydrogen-bond donors (Lipinski definition) is 1. The molecule has 1 aliphatic rings. The number of carbonyl (C=O) groups is 1. The van der Waals surface area contributed by atoms with Gasteiger partial charge in [-0.2, -0.15) is 0 Å². The number of nitrogens with one attached hydrogen (secondary N) is 1. The monoisotopic (exact) mass is 772 g/mol. The maximum Gasteiger partial charge on any atom is 0.266 e. The van der Waals surface area contributed by atoms with Gasteiger partial charge in [-0.05, 0) is 29.6 Å². The zero-order valence-corrected chi connectivity index (χ0v) is 28.8. The summed E-state index contributed by atoms with van der Waals surface area (Å²) in [6, 6.07) is 2.30. The molecule has 1 amide bonds. The van der Waals surface area contributed by atoms with Crippen molar-refractivity contribution in [2.24, 2.45) is 0 Å². The van der Waals surface area contributed by atoms with Gasteiger partial charge in [-0.25, -0.2) is 23.7 Å². The summed E-state index contributed by atoms with van der Waals surface area (Å²) in [6.45, 7) is 10.0. The third-order valence-corrected chi connectivity index (χ3v) is 8.30. The molecule has 0 radical (unpaired) electrons. The maximum absolute atomic E-state index is 14.2. The number of aromatic nitrogens is 5. The van der Waals surface area contributed by atoms with Crippen LogP contribution >= 0.6 is 0 Å². The molecular weight excluding hydrogens is 737 g/mol. The van der Waals surface area contributed by atoms with E-state index in [0.29, 0.717) is 12.4 Å². The molecule has 3 aromatic heterocycles. The molecule has 0 aliphatic carbocycles. The fraction of sp³-hybridized carbons (Fsp3) is 0.481. The molecule has 1 N–H and O–H groups in total. The molecule has 0 saturated carbocycles. The first-order valence-electron chi connectivity index (χ1n) is 13.3. The van der Waals surface area contributed by atoms with E-state index in [4.69, 9.17) is 4.74 Å². The third-order valence-electron chi connectivity index (χ3n) is 6.60. The number of pyridine rings is 1. The molecule has 0 bridgehead atoms. The van der Waals surface area contributed by atoms with Gasteiger partial charge in [0.2, 0.25) is 0 Å². The molecule has 0 unspecified atom stereocenters. The summed E-state index contributed by atoms with van der Waals surface area (Å²) in [5.41, 5.74) is -0.271. The number of nitrogens with zero attached hydrogens (tertiary/aromatic N) is 6. The zero-order chi connectivity index (χ0) is 29.9. The predicted molar refractivity (Wildman–Crippen MR) is 150 cm³/mol. The quantitative estimate of drug-likeness (QED) is 0.110. The number of alkyl halides is 2. The SMILES string of the molecule is CC(C)c1ncc(C(=O)Nc2c(-c3c([C-](F)F)cnn3COCC[Si](C)(C)C)ccnc2N2CCC(F)(F)C2)cn1.[Hf]. The summed E-state index contributed by atoms with van der Waals surface area (Å²) >= 11 is 0. The van der Waals surface area contributed by atoms with Gasteiger partial charge >= 0.3 is 0 Å². The van der Waals surface area contributed by atoms with E-state index < -0.39 is 44.9 Å². The van der Waals surface area contributed by atoms with Crippen LogP contribution in [0.3, 0.4) is 0 Å². The molecule has 4 rings (SSSR count). The third kappa shape index (κ3) is 8.25. The first kappa shape index (κ1) is 33.8. The van der Waals surface area contributed by atoms with Gasteiger partial charge in [0.15, 0.2) is 12.2 Å². The molecule has 3 aromatic rings. The first-order chi connectivity index (χ1) is 19.3. The molecule has 15 heteroatoms. The molecule has 9 nitrogen and oxygen atoms in total. The summed E-state index contributed by atoms with van der Waals surface area (Å²) < 4.78 is 63.7. The Labute approximate surface area is 262 Å². The molecule has 0 aromatic carbocycles. The van der Waals surface area contributed by atoms with Gasteiger partial charge in [-0.1, -0.05) is 39.1 Å². The van der Waals surface area contributed by atoms with E-state index in [2.05, 4.69) is 45.0 Å². The van der Waals surface area contributed by atoms with E-state index >= 15 is 0 Å². The second-order valence-corrected chi connectivity index (χ2v) is 17.2. The van der Waals surface area contributed by atoms with Crippen molar-refractivity contribution >= 4 is 25.5 Å². The van der Waals surface area contributed by atoms with Crippen molar-refractivity contribution in [3.63, 3.8) is 0 Å². The molecule has 42 heavy (non-hydrogen) atoms. The Bertz CT molecular complexity index is 1370. The van der Waals surface area contributed by atoms with Crippen LogP contribution in [-0.4, -0.2) is 64.3 Å². The molecule has 4 heterocycles. The summed E-state index contributed by atoms with van der Waals surface area (Å²) in [7, 11) is -1.40. The minimum atomic E-state index is -2.96. The second kappa shape index (κ2) is 13.8. The average Bonchev–Trinajstić information content (AvgIpc) is 3.49. The number of amides is 1. The average molecular weight is 771 g/mol. The van der Waals surface area contributed by atoms with Crippen LogP contribution in [0.5, 0.6) is 0 Å². The molecule has 0 atom stereocenters. The zero-order valence-electron chi connectivity index (χ0n) is 24.2. The van der Waals surface area contributed by atoms with E-state index in [1.807, 2.05) is 13.8 Å².